The lowest BCUT2D eigenvalue weighted by Gasteiger charge is -2.26. The van der Waals surface area contributed by atoms with Crippen LogP contribution in [-0.2, 0) is 7.05 Å². The van der Waals surface area contributed by atoms with Crippen LogP contribution in [0, 0.1) is 5.92 Å². The topological polar surface area (TPSA) is 43.0 Å². The number of nitrogens with zero attached hydrogens (tertiary/aromatic N) is 1. The van der Waals surface area contributed by atoms with E-state index in [9.17, 15) is 0 Å². The van der Waals surface area contributed by atoms with Gasteiger partial charge in [0.15, 0.2) is 0 Å². The number of rotatable bonds is 3. The van der Waals surface area contributed by atoms with Crippen LogP contribution in [0.2, 0.25) is 0 Å². The summed E-state index contributed by atoms with van der Waals surface area (Å²) in [5.74, 6) is 0.777. The van der Waals surface area contributed by atoms with Crippen LogP contribution in [-0.4, -0.2) is 17.2 Å². The third-order valence-electron chi connectivity index (χ3n) is 4.37. The van der Waals surface area contributed by atoms with Gasteiger partial charge in [-0.05, 0) is 37.7 Å². The second kappa shape index (κ2) is 5.25. The molecule has 0 spiro atoms. The molecule has 19 heavy (non-hydrogen) atoms. The van der Waals surface area contributed by atoms with E-state index in [2.05, 4.69) is 47.4 Å². The molecule has 1 aliphatic rings. The maximum atomic E-state index is 5.96. The SMILES string of the molecule is Cn1cc(NCC2CCC(N)CC2)c2ccccc21. The van der Waals surface area contributed by atoms with Crippen LogP contribution in [0.3, 0.4) is 0 Å². The zero-order chi connectivity index (χ0) is 13.2. The third-order valence-corrected chi connectivity index (χ3v) is 4.37. The molecule has 3 N–H and O–H groups in total. The van der Waals surface area contributed by atoms with E-state index in [0.717, 1.165) is 12.5 Å². The van der Waals surface area contributed by atoms with Crippen molar-refractivity contribution < 1.29 is 0 Å². The van der Waals surface area contributed by atoms with E-state index in [0.29, 0.717) is 6.04 Å². The minimum Gasteiger partial charge on any atom is -0.383 e. The quantitative estimate of drug-likeness (QED) is 0.887. The summed E-state index contributed by atoms with van der Waals surface area (Å²) in [5, 5.41) is 4.95. The van der Waals surface area contributed by atoms with Gasteiger partial charge in [0, 0.05) is 36.7 Å². The van der Waals surface area contributed by atoms with Crippen molar-refractivity contribution in [2.75, 3.05) is 11.9 Å². The first-order valence-corrected chi connectivity index (χ1v) is 7.27. The van der Waals surface area contributed by atoms with Crippen LogP contribution < -0.4 is 11.1 Å². The second-order valence-electron chi connectivity index (χ2n) is 5.83. The van der Waals surface area contributed by atoms with Crippen molar-refractivity contribution in [2.45, 2.75) is 31.7 Å². The molecule has 0 aliphatic heterocycles. The zero-order valence-electron chi connectivity index (χ0n) is 11.6. The Kier molecular flexibility index (Phi) is 3.47. The first kappa shape index (κ1) is 12.5. The Bertz CT molecular complexity index is 550. The smallest absolute Gasteiger partial charge is 0.0600 e. The first-order chi connectivity index (χ1) is 9.24. The number of nitrogens with two attached hydrogens (primary N) is 1. The second-order valence-corrected chi connectivity index (χ2v) is 5.83. The molecule has 1 aromatic heterocycles. The number of nitrogens with one attached hydrogen (secondary N) is 1. The number of aromatic nitrogens is 1. The van der Waals surface area contributed by atoms with Gasteiger partial charge in [0.2, 0.25) is 0 Å². The number of anilines is 1. The van der Waals surface area contributed by atoms with Gasteiger partial charge in [-0.15, -0.1) is 0 Å². The Labute approximate surface area is 114 Å². The number of aryl methyl sites for hydroxylation is 1. The lowest BCUT2D eigenvalue weighted by molar-refractivity contribution is 0.339. The Morgan fingerprint density at radius 1 is 1.21 bits per heavy atom. The summed E-state index contributed by atoms with van der Waals surface area (Å²) in [4.78, 5) is 0. The summed E-state index contributed by atoms with van der Waals surface area (Å²) < 4.78 is 2.19. The fraction of sp³-hybridized carbons (Fsp3) is 0.500. The van der Waals surface area contributed by atoms with E-state index in [4.69, 9.17) is 5.73 Å². The number of benzene rings is 1. The van der Waals surface area contributed by atoms with Crippen molar-refractivity contribution in [2.24, 2.45) is 18.7 Å². The van der Waals surface area contributed by atoms with Crippen LogP contribution in [0.1, 0.15) is 25.7 Å². The number of hydrogen-bond donors (Lipinski definition) is 2. The highest BCUT2D eigenvalue weighted by Gasteiger charge is 2.18. The maximum Gasteiger partial charge on any atom is 0.0600 e. The molecular formula is C16H23N3. The molecule has 3 nitrogen and oxygen atoms in total. The van der Waals surface area contributed by atoms with E-state index in [-0.39, 0.29) is 0 Å². The largest absolute Gasteiger partial charge is 0.383 e. The molecule has 1 heterocycles. The standard InChI is InChI=1S/C16H23N3/c1-19-11-15(14-4-2-3-5-16(14)19)18-10-12-6-8-13(17)9-7-12/h2-5,11-13,18H,6-10,17H2,1H3. The maximum absolute atomic E-state index is 5.96. The summed E-state index contributed by atoms with van der Waals surface area (Å²) in [6.45, 7) is 1.07. The van der Waals surface area contributed by atoms with Crippen LogP contribution in [0.5, 0.6) is 0 Å². The summed E-state index contributed by atoms with van der Waals surface area (Å²) in [5.41, 5.74) is 8.50. The highest BCUT2D eigenvalue weighted by molar-refractivity contribution is 5.92. The molecule has 0 saturated heterocycles. The van der Waals surface area contributed by atoms with Gasteiger partial charge in [0.1, 0.15) is 0 Å². The molecule has 3 rings (SSSR count). The number of hydrogen-bond acceptors (Lipinski definition) is 2. The normalized spacial score (nSPS) is 23.7. The summed E-state index contributed by atoms with van der Waals surface area (Å²) in [6.07, 6.45) is 7.08. The van der Waals surface area contributed by atoms with Gasteiger partial charge in [0.05, 0.1) is 5.69 Å². The minimum absolute atomic E-state index is 0.439. The molecule has 2 aromatic rings. The van der Waals surface area contributed by atoms with Gasteiger partial charge in [-0.25, -0.2) is 0 Å². The molecule has 0 unspecified atom stereocenters. The van der Waals surface area contributed by atoms with Gasteiger partial charge >= 0.3 is 0 Å². The van der Waals surface area contributed by atoms with Crippen LogP contribution in [0.15, 0.2) is 30.5 Å². The number of para-hydroxylation sites is 1. The minimum atomic E-state index is 0.439. The Morgan fingerprint density at radius 3 is 2.74 bits per heavy atom. The predicted octanol–water partition coefficient (Wildman–Crippen LogP) is 3.11. The molecule has 0 radical (unpaired) electrons. The van der Waals surface area contributed by atoms with Crippen molar-refractivity contribution in [1.29, 1.82) is 0 Å². The molecule has 1 aliphatic carbocycles. The average Bonchev–Trinajstić information content (AvgIpc) is 2.76. The van der Waals surface area contributed by atoms with Crippen LogP contribution >= 0.6 is 0 Å². The lowest BCUT2D eigenvalue weighted by Crippen LogP contribution is -2.29. The Hall–Kier alpha value is -1.48. The molecule has 1 saturated carbocycles. The third kappa shape index (κ3) is 2.61. The first-order valence-electron chi connectivity index (χ1n) is 7.27. The summed E-state index contributed by atoms with van der Waals surface area (Å²) >= 11 is 0. The highest BCUT2D eigenvalue weighted by atomic mass is 15.0. The van der Waals surface area contributed by atoms with Crippen LogP contribution in [0.4, 0.5) is 5.69 Å². The molecule has 3 heteroatoms. The molecule has 1 aromatic carbocycles. The molecule has 0 atom stereocenters. The van der Waals surface area contributed by atoms with Gasteiger partial charge in [0.25, 0.3) is 0 Å². The fourth-order valence-electron chi connectivity index (χ4n) is 3.13. The molecular weight excluding hydrogens is 234 g/mol. The highest BCUT2D eigenvalue weighted by Crippen LogP contribution is 2.27. The molecule has 102 valence electrons. The lowest BCUT2D eigenvalue weighted by atomic mass is 9.86. The van der Waals surface area contributed by atoms with Crippen molar-refractivity contribution >= 4 is 16.6 Å². The van der Waals surface area contributed by atoms with Gasteiger partial charge in [-0.3, -0.25) is 0 Å². The van der Waals surface area contributed by atoms with Crippen molar-refractivity contribution in [3.63, 3.8) is 0 Å². The number of fused-ring (bicyclic) bond motifs is 1. The van der Waals surface area contributed by atoms with Crippen molar-refractivity contribution in [3.8, 4) is 0 Å². The fourth-order valence-corrected chi connectivity index (χ4v) is 3.13. The van der Waals surface area contributed by atoms with Crippen molar-refractivity contribution in [3.05, 3.63) is 30.5 Å². The Morgan fingerprint density at radius 2 is 1.95 bits per heavy atom. The Balaban J connectivity index is 1.69. The molecule has 1 fully saturated rings. The average molecular weight is 257 g/mol. The van der Waals surface area contributed by atoms with Crippen LogP contribution in [0.25, 0.3) is 10.9 Å². The summed E-state index contributed by atoms with van der Waals surface area (Å²) in [6, 6.07) is 8.99. The van der Waals surface area contributed by atoms with Gasteiger partial charge in [-0.2, -0.15) is 0 Å². The monoisotopic (exact) mass is 257 g/mol. The summed E-state index contributed by atoms with van der Waals surface area (Å²) in [7, 11) is 2.10. The molecule has 0 amide bonds. The molecule has 0 bridgehead atoms. The van der Waals surface area contributed by atoms with Gasteiger partial charge < -0.3 is 15.6 Å². The van der Waals surface area contributed by atoms with E-state index < -0.39 is 0 Å². The predicted molar refractivity (Wildman–Crippen MR) is 81.3 cm³/mol. The van der Waals surface area contributed by atoms with E-state index in [1.807, 2.05) is 0 Å². The van der Waals surface area contributed by atoms with E-state index in [1.165, 1.54) is 42.3 Å². The van der Waals surface area contributed by atoms with E-state index in [1.54, 1.807) is 0 Å². The van der Waals surface area contributed by atoms with Gasteiger partial charge in [-0.1, -0.05) is 18.2 Å². The van der Waals surface area contributed by atoms with Crippen molar-refractivity contribution in [1.82, 2.24) is 4.57 Å². The zero-order valence-corrected chi connectivity index (χ0v) is 11.6. The van der Waals surface area contributed by atoms with E-state index >= 15 is 0 Å².